The molecule has 3 aromatic carbocycles. The van der Waals surface area contributed by atoms with Crippen LogP contribution in [0.1, 0.15) is 19.3 Å². The van der Waals surface area contributed by atoms with Gasteiger partial charge in [0.1, 0.15) is 22.7 Å². The second kappa shape index (κ2) is 11.4. The van der Waals surface area contributed by atoms with E-state index in [1.165, 1.54) is 31.4 Å². The summed E-state index contributed by atoms with van der Waals surface area (Å²) in [5, 5.41) is 9.47. The van der Waals surface area contributed by atoms with Crippen molar-refractivity contribution >= 4 is 40.2 Å². The van der Waals surface area contributed by atoms with E-state index in [0.717, 1.165) is 19.5 Å². The highest BCUT2D eigenvalue weighted by molar-refractivity contribution is 6.16. The Balaban J connectivity index is 1.02. The van der Waals surface area contributed by atoms with E-state index in [-0.39, 0.29) is 17.8 Å². The molecular weight excluding hydrogens is 581 g/mol. The third kappa shape index (κ3) is 5.48. The van der Waals surface area contributed by atoms with E-state index < -0.39 is 29.1 Å². The molecule has 4 aromatic rings. The molecule has 11 nitrogen and oxygen atoms in total. The van der Waals surface area contributed by atoms with Gasteiger partial charge in [0.15, 0.2) is 11.5 Å². The van der Waals surface area contributed by atoms with Crippen LogP contribution in [0.2, 0.25) is 0 Å². The van der Waals surface area contributed by atoms with Crippen molar-refractivity contribution in [2.75, 3.05) is 30.8 Å². The van der Waals surface area contributed by atoms with Gasteiger partial charge in [-0.1, -0.05) is 0 Å². The quantitative estimate of drug-likeness (QED) is 0.235. The number of carbonyl (C=O) groups excluding carboxylic acids is 3. The predicted molar refractivity (Wildman–Crippen MR) is 163 cm³/mol. The number of ether oxygens (including phenoxy) is 3. The minimum atomic E-state index is -1.17. The summed E-state index contributed by atoms with van der Waals surface area (Å²) in [5.74, 6) is 0.406. The van der Waals surface area contributed by atoms with Crippen LogP contribution in [0.4, 0.5) is 20.6 Å². The number of piperazine rings is 1. The molecule has 0 radical (unpaired) electrons. The monoisotopic (exact) mass is 611 g/mol. The Bertz CT molecular complexity index is 1780. The Morgan fingerprint density at radius 1 is 0.889 bits per heavy atom. The molecule has 230 valence electrons. The number of rotatable bonds is 8. The van der Waals surface area contributed by atoms with Gasteiger partial charge in [0.05, 0.1) is 12.6 Å². The number of piperidine rings is 1. The number of halogens is 1. The molecule has 3 amide bonds. The summed E-state index contributed by atoms with van der Waals surface area (Å²) in [6, 6.07) is 17.5. The van der Waals surface area contributed by atoms with Crippen LogP contribution in [0.25, 0.3) is 10.9 Å². The molecule has 3 fully saturated rings. The third-order valence-corrected chi connectivity index (χ3v) is 8.55. The second-order valence-corrected chi connectivity index (χ2v) is 11.4. The summed E-state index contributed by atoms with van der Waals surface area (Å²) >= 11 is 0. The molecule has 3 heterocycles. The number of hydrogen-bond donors (Lipinski definition) is 3. The standard InChI is InChI=1S/C33H30FN5O6/c1-43-28-15-25-26(16-29(28)45-32(42)39-22-14-23(39)18-35-17-22)36-13-10-27(25)44-24-8-6-21(7-9-24)38-31(41)33(11-12-33)30(40)37-20-4-2-19(34)3-5-20/h2-10,13,15-16,22-23,35H,11-12,14,17-18H2,1H3,(H,37,40)(H,38,41). The first-order chi connectivity index (χ1) is 21.8. The molecular formula is C33H30FN5O6. The molecule has 1 aromatic heterocycles. The van der Waals surface area contributed by atoms with Gasteiger partial charge in [-0.2, -0.15) is 0 Å². The zero-order valence-electron chi connectivity index (χ0n) is 24.3. The van der Waals surface area contributed by atoms with E-state index in [2.05, 4.69) is 20.9 Å². The first-order valence-corrected chi connectivity index (χ1v) is 14.7. The van der Waals surface area contributed by atoms with Crippen LogP contribution in [0.5, 0.6) is 23.0 Å². The molecule has 2 saturated heterocycles. The molecule has 1 aliphatic carbocycles. The SMILES string of the molecule is COc1cc2c(Oc3ccc(NC(=O)C4(C(=O)Nc5ccc(F)cc5)CC4)cc3)ccnc2cc1OC(=O)N1C2CNCC1C2. The number of aromatic nitrogens is 1. The molecule has 3 aliphatic rings. The zero-order chi connectivity index (χ0) is 31.1. The smallest absolute Gasteiger partial charge is 0.415 e. The maximum absolute atomic E-state index is 13.2. The molecule has 2 aliphatic heterocycles. The van der Waals surface area contributed by atoms with Gasteiger partial charge in [-0.3, -0.25) is 19.5 Å². The van der Waals surface area contributed by atoms with Gasteiger partial charge in [0, 0.05) is 54.2 Å². The molecule has 2 unspecified atom stereocenters. The average Bonchev–Trinajstić information content (AvgIpc) is 3.86. The molecule has 2 atom stereocenters. The van der Waals surface area contributed by atoms with Crippen molar-refractivity contribution in [3.05, 3.63) is 78.7 Å². The first kappa shape index (κ1) is 28.5. The molecule has 45 heavy (non-hydrogen) atoms. The second-order valence-electron chi connectivity index (χ2n) is 11.4. The van der Waals surface area contributed by atoms with Crippen molar-refractivity contribution in [2.24, 2.45) is 5.41 Å². The minimum Gasteiger partial charge on any atom is -0.493 e. The van der Waals surface area contributed by atoms with Gasteiger partial charge >= 0.3 is 6.09 Å². The van der Waals surface area contributed by atoms with Crippen LogP contribution in [0, 0.1) is 11.2 Å². The number of anilines is 2. The number of fused-ring (bicyclic) bond motifs is 3. The third-order valence-electron chi connectivity index (χ3n) is 8.55. The Morgan fingerprint density at radius 3 is 2.13 bits per heavy atom. The summed E-state index contributed by atoms with van der Waals surface area (Å²) in [6.07, 6.45) is 3.01. The van der Waals surface area contributed by atoms with E-state index in [0.29, 0.717) is 52.4 Å². The lowest BCUT2D eigenvalue weighted by atomic mass is 9.89. The Labute approximate surface area is 257 Å². The van der Waals surface area contributed by atoms with Crippen molar-refractivity contribution in [2.45, 2.75) is 31.3 Å². The number of amides is 3. The fourth-order valence-corrected chi connectivity index (χ4v) is 5.83. The van der Waals surface area contributed by atoms with Gasteiger partial charge in [0.25, 0.3) is 0 Å². The normalized spacial score (nSPS) is 19.2. The van der Waals surface area contributed by atoms with E-state index >= 15 is 0 Å². The van der Waals surface area contributed by atoms with Crippen LogP contribution in [0.15, 0.2) is 72.9 Å². The Morgan fingerprint density at radius 2 is 1.53 bits per heavy atom. The highest BCUT2D eigenvalue weighted by atomic mass is 19.1. The summed E-state index contributed by atoms with van der Waals surface area (Å²) in [7, 11) is 1.50. The van der Waals surface area contributed by atoms with Crippen LogP contribution in [-0.2, 0) is 9.59 Å². The number of hydrogen-bond acceptors (Lipinski definition) is 8. The van der Waals surface area contributed by atoms with Crippen LogP contribution >= 0.6 is 0 Å². The summed E-state index contributed by atoms with van der Waals surface area (Å²) in [6.45, 7) is 1.51. The van der Waals surface area contributed by atoms with Gasteiger partial charge in [0.2, 0.25) is 11.8 Å². The zero-order valence-corrected chi connectivity index (χ0v) is 24.3. The molecule has 7 rings (SSSR count). The Kier molecular flexibility index (Phi) is 7.20. The van der Waals surface area contributed by atoms with Crippen molar-refractivity contribution in [3.63, 3.8) is 0 Å². The Hall–Kier alpha value is -5.23. The predicted octanol–water partition coefficient (Wildman–Crippen LogP) is 5.08. The van der Waals surface area contributed by atoms with Crippen molar-refractivity contribution in [1.82, 2.24) is 15.2 Å². The number of carbonyl (C=O) groups is 3. The van der Waals surface area contributed by atoms with Crippen molar-refractivity contribution in [3.8, 4) is 23.0 Å². The van der Waals surface area contributed by atoms with Crippen LogP contribution < -0.4 is 30.2 Å². The van der Waals surface area contributed by atoms with E-state index in [4.69, 9.17) is 14.2 Å². The lowest BCUT2D eigenvalue weighted by Gasteiger charge is -2.51. The summed E-state index contributed by atoms with van der Waals surface area (Å²) in [5.41, 5.74) is 0.311. The topological polar surface area (TPSA) is 131 Å². The number of nitrogens with zero attached hydrogens (tertiary/aromatic N) is 2. The lowest BCUT2D eigenvalue weighted by Crippen LogP contribution is -2.69. The maximum Gasteiger partial charge on any atom is 0.415 e. The lowest BCUT2D eigenvalue weighted by molar-refractivity contribution is -0.131. The van der Waals surface area contributed by atoms with Crippen LogP contribution in [-0.4, -0.2) is 60.1 Å². The number of benzene rings is 3. The van der Waals surface area contributed by atoms with E-state index in [9.17, 15) is 18.8 Å². The highest BCUT2D eigenvalue weighted by Crippen LogP contribution is 2.47. The molecule has 0 spiro atoms. The van der Waals surface area contributed by atoms with Gasteiger partial charge in [-0.15, -0.1) is 0 Å². The van der Waals surface area contributed by atoms with Crippen molar-refractivity contribution < 1.29 is 33.0 Å². The number of methoxy groups -OCH3 is 1. The number of pyridine rings is 1. The largest absolute Gasteiger partial charge is 0.493 e. The van der Waals surface area contributed by atoms with Gasteiger partial charge in [-0.05, 0) is 79.9 Å². The number of nitrogens with one attached hydrogen (secondary N) is 3. The fraction of sp³-hybridized carbons (Fsp3) is 0.273. The van der Waals surface area contributed by atoms with Crippen molar-refractivity contribution in [1.29, 1.82) is 0 Å². The van der Waals surface area contributed by atoms with Gasteiger partial charge < -0.3 is 30.2 Å². The first-order valence-electron chi connectivity index (χ1n) is 14.7. The molecule has 2 bridgehead atoms. The molecule has 3 N–H and O–H groups in total. The van der Waals surface area contributed by atoms with E-state index in [1.807, 2.05) is 0 Å². The van der Waals surface area contributed by atoms with E-state index in [1.54, 1.807) is 53.6 Å². The average molecular weight is 612 g/mol. The maximum atomic E-state index is 13.2. The van der Waals surface area contributed by atoms with Gasteiger partial charge in [-0.25, -0.2) is 9.18 Å². The molecule has 12 heteroatoms. The highest BCUT2D eigenvalue weighted by Gasteiger charge is 2.56. The van der Waals surface area contributed by atoms with Crippen LogP contribution in [0.3, 0.4) is 0 Å². The minimum absolute atomic E-state index is 0.141. The molecule has 1 saturated carbocycles. The summed E-state index contributed by atoms with van der Waals surface area (Å²) in [4.78, 5) is 45.0. The fourth-order valence-electron chi connectivity index (χ4n) is 5.83. The summed E-state index contributed by atoms with van der Waals surface area (Å²) < 4.78 is 30.6.